The molecule has 0 aromatic carbocycles. The molecule has 1 saturated heterocycles. The summed E-state index contributed by atoms with van der Waals surface area (Å²) in [6.07, 6.45) is -1.74. The average Bonchev–Trinajstić information content (AvgIpc) is 3.06. The molecule has 1 aliphatic rings. The van der Waals surface area contributed by atoms with Crippen molar-refractivity contribution in [2.75, 3.05) is 13.1 Å². The number of hydrogen-bond acceptors (Lipinski definition) is 6. The summed E-state index contributed by atoms with van der Waals surface area (Å²) < 4.78 is 38.3. The number of piperidine rings is 1. The van der Waals surface area contributed by atoms with Crippen LogP contribution in [0.3, 0.4) is 0 Å². The molecule has 0 spiro atoms. The average molecular weight is 371 g/mol. The number of halogens is 3. The lowest BCUT2D eigenvalue weighted by molar-refractivity contribution is -0.140. The van der Waals surface area contributed by atoms with Crippen molar-refractivity contribution in [1.29, 1.82) is 0 Å². The molecule has 6 nitrogen and oxygen atoms in total. The summed E-state index contributed by atoms with van der Waals surface area (Å²) in [7, 11) is 0. The number of nitrogens with one attached hydrogen (secondary N) is 2. The monoisotopic (exact) mass is 371 g/mol. The standard InChI is InChI=1S/C15H16F3N5OS/c16-15(17,18)11-7-25-14(22-11)9(6-19)13-21-10(5-12(24)23-13)8-1-3-20-4-2-8/h5-8,20H,1-4,19H2,(H,21,23,24). The van der Waals surface area contributed by atoms with Gasteiger partial charge in [-0.3, -0.25) is 4.79 Å². The second-order valence-corrected chi connectivity index (χ2v) is 6.52. The quantitative estimate of drug-likeness (QED) is 0.767. The Kier molecular flexibility index (Phi) is 4.91. The maximum absolute atomic E-state index is 12.8. The third kappa shape index (κ3) is 3.90. The van der Waals surface area contributed by atoms with Crippen molar-refractivity contribution in [3.05, 3.63) is 50.2 Å². The number of aromatic nitrogens is 3. The highest BCUT2D eigenvalue weighted by molar-refractivity contribution is 7.10. The number of H-pyrrole nitrogens is 1. The topological polar surface area (TPSA) is 96.7 Å². The van der Waals surface area contributed by atoms with E-state index in [9.17, 15) is 18.0 Å². The van der Waals surface area contributed by atoms with Gasteiger partial charge in [0.25, 0.3) is 5.56 Å². The molecule has 134 valence electrons. The fourth-order valence-electron chi connectivity index (χ4n) is 2.71. The first-order chi connectivity index (χ1) is 11.9. The van der Waals surface area contributed by atoms with Crippen molar-refractivity contribution in [3.63, 3.8) is 0 Å². The van der Waals surface area contributed by atoms with E-state index in [1.54, 1.807) is 0 Å². The maximum atomic E-state index is 12.8. The highest BCUT2D eigenvalue weighted by atomic mass is 32.1. The van der Waals surface area contributed by atoms with Gasteiger partial charge in [-0.2, -0.15) is 13.2 Å². The Hall–Kier alpha value is -2.20. The normalized spacial score (nSPS) is 17.0. The SMILES string of the molecule is NC=C(c1nc(C2CCNCC2)cc(=O)[nH]1)c1nc(C(F)(F)F)cs1. The van der Waals surface area contributed by atoms with E-state index in [0.29, 0.717) is 5.69 Å². The second kappa shape index (κ2) is 6.96. The lowest BCUT2D eigenvalue weighted by atomic mass is 9.94. The highest BCUT2D eigenvalue weighted by Crippen LogP contribution is 2.33. The molecule has 1 fully saturated rings. The maximum Gasteiger partial charge on any atom is 0.434 e. The predicted molar refractivity (Wildman–Crippen MR) is 88.1 cm³/mol. The minimum Gasteiger partial charge on any atom is -0.404 e. The smallest absolute Gasteiger partial charge is 0.404 e. The fourth-order valence-corrected chi connectivity index (χ4v) is 3.56. The summed E-state index contributed by atoms with van der Waals surface area (Å²) in [6, 6.07) is 1.43. The fraction of sp³-hybridized carbons (Fsp3) is 0.400. The minimum atomic E-state index is -4.54. The van der Waals surface area contributed by atoms with Gasteiger partial charge in [0.1, 0.15) is 10.8 Å². The van der Waals surface area contributed by atoms with Crippen LogP contribution >= 0.6 is 11.3 Å². The Bertz CT molecular complexity index is 836. The third-order valence-corrected chi connectivity index (χ3v) is 4.84. The molecule has 2 aromatic heterocycles. The minimum absolute atomic E-state index is 0.0560. The Morgan fingerprint density at radius 3 is 2.64 bits per heavy atom. The molecule has 1 aliphatic heterocycles. The van der Waals surface area contributed by atoms with E-state index in [0.717, 1.165) is 48.8 Å². The van der Waals surface area contributed by atoms with Crippen LogP contribution in [0.15, 0.2) is 22.4 Å². The first-order valence-electron chi connectivity index (χ1n) is 7.66. The first-order valence-corrected chi connectivity index (χ1v) is 8.54. The van der Waals surface area contributed by atoms with Crippen LogP contribution in [-0.2, 0) is 6.18 Å². The molecule has 2 aromatic rings. The van der Waals surface area contributed by atoms with Gasteiger partial charge < -0.3 is 16.0 Å². The Morgan fingerprint density at radius 2 is 2.04 bits per heavy atom. The van der Waals surface area contributed by atoms with E-state index >= 15 is 0 Å². The molecule has 3 rings (SSSR count). The summed E-state index contributed by atoms with van der Waals surface area (Å²) in [6.45, 7) is 1.66. The second-order valence-electron chi connectivity index (χ2n) is 5.66. The van der Waals surface area contributed by atoms with E-state index in [-0.39, 0.29) is 27.9 Å². The molecule has 0 unspecified atom stereocenters. The van der Waals surface area contributed by atoms with Crippen LogP contribution in [0.1, 0.15) is 41.0 Å². The molecule has 0 aliphatic carbocycles. The van der Waals surface area contributed by atoms with Crippen LogP contribution in [-0.4, -0.2) is 28.0 Å². The van der Waals surface area contributed by atoms with Gasteiger partial charge in [0, 0.05) is 23.6 Å². The van der Waals surface area contributed by atoms with Gasteiger partial charge in [-0.1, -0.05) is 0 Å². The molecule has 10 heteroatoms. The molecule has 0 bridgehead atoms. The summed E-state index contributed by atoms with van der Waals surface area (Å²) in [5, 5.41) is 4.20. The van der Waals surface area contributed by atoms with Gasteiger partial charge in [-0.25, -0.2) is 9.97 Å². The van der Waals surface area contributed by atoms with Crippen molar-refractivity contribution >= 4 is 16.9 Å². The Balaban J connectivity index is 1.97. The summed E-state index contributed by atoms with van der Waals surface area (Å²) >= 11 is 0.800. The number of nitrogens with zero attached hydrogens (tertiary/aromatic N) is 2. The van der Waals surface area contributed by atoms with Crippen molar-refractivity contribution in [2.24, 2.45) is 5.73 Å². The van der Waals surface area contributed by atoms with Crippen molar-refractivity contribution in [1.82, 2.24) is 20.3 Å². The zero-order valence-electron chi connectivity index (χ0n) is 13.1. The summed E-state index contributed by atoms with van der Waals surface area (Å²) in [5.74, 6) is 0.259. The van der Waals surface area contributed by atoms with Crippen LogP contribution in [0.25, 0.3) is 5.57 Å². The molecule has 4 N–H and O–H groups in total. The van der Waals surface area contributed by atoms with Gasteiger partial charge >= 0.3 is 6.18 Å². The first kappa shape index (κ1) is 17.6. The van der Waals surface area contributed by atoms with Gasteiger partial charge in [0.05, 0.1) is 11.3 Å². The van der Waals surface area contributed by atoms with Crippen molar-refractivity contribution < 1.29 is 13.2 Å². The molecular formula is C15H16F3N5OS. The number of thiazole rings is 1. The van der Waals surface area contributed by atoms with Gasteiger partial charge in [-0.15, -0.1) is 11.3 Å². The third-order valence-electron chi connectivity index (χ3n) is 3.97. The van der Waals surface area contributed by atoms with Crippen LogP contribution < -0.4 is 16.6 Å². The van der Waals surface area contributed by atoms with Crippen LogP contribution in [0.4, 0.5) is 13.2 Å². The summed E-state index contributed by atoms with van der Waals surface area (Å²) in [5.41, 5.74) is 5.01. The molecule has 0 saturated carbocycles. The van der Waals surface area contributed by atoms with E-state index in [1.807, 2.05) is 0 Å². The number of nitrogens with two attached hydrogens (primary N) is 1. The molecule has 3 heterocycles. The Labute approximate surface area is 145 Å². The van der Waals surface area contributed by atoms with E-state index in [1.165, 1.54) is 6.07 Å². The van der Waals surface area contributed by atoms with Gasteiger partial charge in [0.15, 0.2) is 5.69 Å². The number of hydrogen-bond donors (Lipinski definition) is 3. The van der Waals surface area contributed by atoms with E-state index in [2.05, 4.69) is 20.3 Å². The van der Waals surface area contributed by atoms with Crippen molar-refractivity contribution in [3.8, 4) is 0 Å². The number of alkyl halides is 3. The van der Waals surface area contributed by atoms with Gasteiger partial charge in [-0.05, 0) is 25.9 Å². The largest absolute Gasteiger partial charge is 0.434 e. The van der Waals surface area contributed by atoms with Crippen LogP contribution in [0, 0.1) is 0 Å². The molecular weight excluding hydrogens is 355 g/mol. The number of rotatable bonds is 3. The highest BCUT2D eigenvalue weighted by Gasteiger charge is 2.34. The van der Waals surface area contributed by atoms with Crippen molar-refractivity contribution in [2.45, 2.75) is 24.9 Å². The Morgan fingerprint density at radius 1 is 1.32 bits per heavy atom. The zero-order chi connectivity index (χ0) is 18.0. The van der Waals surface area contributed by atoms with E-state index in [4.69, 9.17) is 5.73 Å². The molecule has 25 heavy (non-hydrogen) atoms. The van der Waals surface area contributed by atoms with Gasteiger partial charge in [0.2, 0.25) is 0 Å². The number of aromatic amines is 1. The predicted octanol–water partition coefficient (Wildman–Crippen LogP) is 2.06. The lowest BCUT2D eigenvalue weighted by Crippen LogP contribution is -2.28. The van der Waals surface area contributed by atoms with Crippen LogP contribution in [0.5, 0.6) is 0 Å². The molecule has 0 radical (unpaired) electrons. The lowest BCUT2D eigenvalue weighted by Gasteiger charge is -2.22. The molecule has 0 amide bonds. The molecule has 0 atom stereocenters. The van der Waals surface area contributed by atoms with E-state index < -0.39 is 11.9 Å². The summed E-state index contributed by atoms with van der Waals surface area (Å²) in [4.78, 5) is 22.5. The van der Waals surface area contributed by atoms with Crippen LogP contribution in [0.2, 0.25) is 0 Å². The zero-order valence-corrected chi connectivity index (χ0v) is 13.9.